The molecule has 0 saturated heterocycles. The van der Waals surface area contributed by atoms with Crippen LogP contribution in [0.5, 0.6) is 0 Å². The normalized spacial score (nSPS) is 18.4. The smallest absolute Gasteiger partial charge is 0.333 e. The van der Waals surface area contributed by atoms with Gasteiger partial charge in [-0.25, -0.2) is 0 Å². The van der Waals surface area contributed by atoms with Crippen LogP contribution < -0.4 is 15.7 Å². The van der Waals surface area contributed by atoms with E-state index in [0.29, 0.717) is 0 Å². The molecule has 362 valence electrons. The second-order valence-electron chi connectivity index (χ2n) is 27.6. The Balaban J connectivity index is 1.17. The highest BCUT2D eigenvalue weighted by Gasteiger charge is 2.47. The molecule has 0 amide bonds. The number of benzene rings is 7. The van der Waals surface area contributed by atoms with E-state index in [4.69, 9.17) is 0 Å². The zero-order valence-electron chi connectivity index (χ0n) is 45.4. The summed E-state index contributed by atoms with van der Waals surface area (Å²) in [5.41, 5.74) is 22.8. The molecular formula is C67H69BN2S2. The van der Waals surface area contributed by atoms with Crippen LogP contribution in [0.2, 0.25) is 0 Å². The SMILES string of the molecule is Cc1cc2c3c(c1)-n1c4ccc(C(C)(C)C)cc4c4cc(C(C)(C)C)cc(c41)B3N(c1cccc3sc4cc5c(cc4c13)C(C)(C)CCC5(C)C)c1ccc3sc4cc5c(cc4c3c1-2)C(C)(C)CCC5(C)C. The number of fused-ring (bicyclic) bond motifs is 16. The van der Waals surface area contributed by atoms with Crippen molar-refractivity contribution in [1.29, 1.82) is 0 Å². The summed E-state index contributed by atoms with van der Waals surface area (Å²) in [5.74, 6) is 0. The van der Waals surface area contributed by atoms with Crippen LogP contribution in [-0.4, -0.2) is 11.4 Å². The molecule has 0 N–H and O–H groups in total. The summed E-state index contributed by atoms with van der Waals surface area (Å²) in [6.07, 6.45) is 4.81. The van der Waals surface area contributed by atoms with Crippen molar-refractivity contribution in [2.75, 3.05) is 4.81 Å². The van der Waals surface area contributed by atoms with E-state index in [1.807, 2.05) is 22.7 Å². The molecule has 0 fully saturated rings. The Kier molecular flexibility index (Phi) is 8.85. The lowest BCUT2D eigenvalue weighted by atomic mass is 9.43. The summed E-state index contributed by atoms with van der Waals surface area (Å²) in [6, 6.07) is 40.4. The van der Waals surface area contributed by atoms with Gasteiger partial charge in [-0.3, -0.25) is 0 Å². The standard InChI is InChI=1S/C67H69BN2S2/c1-36-27-43-58-51(21-22-54-59(58)42-33-45-47(35-56(42)72-54)67(14,15)26-24-65(45,10)11)70(50-17-16-18-53-57(50)41-32-44-46(34-55(41)71-53)66(12,13)25-23-64(44,8)9)68-48-31-38(63(5,6)7)30-40-39-29-37(62(2,3)4)19-20-49(39)69(61(40)48)52(28-36)60(43)68/h16-22,27-35H,23-26H2,1-15H3. The number of hydrogen-bond donors (Lipinski definition) is 0. The Morgan fingerprint density at radius 3 is 1.64 bits per heavy atom. The van der Waals surface area contributed by atoms with Crippen molar-refractivity contribution in [1.82, 2.24) is 4.57 Å². The summed E-state index contributed by atoms with van der Waals surface area (Å²) in [7, 11) is 0. The Morgan fingerprint density at radius 1 is 0.486 bits per heavy atom. The Labute approximate surface area is 435 Å². The minimum Gasteiger partial charge on any atom is -0.376 e. The van der Waals surface area contributed by atoms with Crippen LogP contribution in [0.15, 0.2) is 97.1 Å². The van der Waals surface area contributed by atoms with Crippen LogP contribution in [0, 0.1) is 6.92 Å². The van der Waals surface area contributed by atoms with Gasteiger partial charge in [-0.2, -0.15) is 0 Å². The molecule has 0 spiro atoms. The topological polar surface area (TPSA) is 8.17 Å². The summed E-state index contributed by atoms with van der Waals surface area (Å²) in [6.45, 7) is 36.4. The molecular weight excluding hydrogens is 908 g/mol. The maximum Gasteiger partial charge on any atom is 0.333 e. The molecule has 14 rings (SSSR count). The fourth-order valence-corrected chi connectivity index (χ4v) is 16.6. The molecule has 0 saturated carbocycles. The van der Waals surface area contributed by atoms with Crippen LogP contribution in [0.3, 0.4) is 0 Å². The second-order valence-corrected chi connectivity index (χ2v) is 29.7. The molecule has 72 heavy (non-hydrogen) atoms. The quantitative estimate of drug-likeness (QED) is 0.149. The van der Waals surface area contributed by atoms with Gasteiger partial charge in [0.1, 0.15) is 0 Å². The van der Waals surface area contributed by atoms with E-state index in [1.165, 1.54) is 166 Å². The van der Waals surface area contributed by atoms with Gasteiger partial charge in [0.2, 0.25) is 0 Å². The first-order valence-electron chi connectivity index (χ1n) is 26.9. The van der Waals surface area contributed by atoms with Crippen molar-refractivity contribution in [2.45, 2.75) is 162 Å². The third kappa shape index (κ3) is 6.02. The maximum atomic E-state index is 2.86. The van der Waals surface area contributed by atoms with Gasteiger partial charge < -0.3 is 9.38 Å². The predicted molar refractivity (Wildman–Crippen MR) is 318 cm³/mol. The first-order chi connectivity index (χ1) is 33.8. The third-order valence-electron chi connectivity index (χ3n) is 18.8. The monoisotopic (exact) mass is 976 g/mol. The van der Waals surface area contributed by atoms with E-state index in [9.17, 15) is 0 Å². The van der Waals surface area contributed by atoms with Crippen molar-refractivity contribution in [3.63, 3.8) is 0 Å². The summed E-state index contributed by atoms with van der Waals surface area (Å²) >= 11 is 3.99. The van der Waals surface area contributed by atoms with Crippen molar-refractivity contribution in [3.8, 4) is 16.8 Å². The first kappa shape index (κ1) is 45.3. The number of aryl methyl sites for hydroxylation is 1. The van der Waals surface area contributed by atoms with E-state index in [-0.39, 0.29) is 39.3 Å². The molecule has 2 aliphatic heterocycles. The zero-order chi connectivity index (χ0) is 50.3. The van der Waals surface area contributed by atoms with Gasteiger partial charge >= 0.3 is 6.85 Å². The molecule has 5 heteroatoms. The highest BCUT2D eigenvalue weighted by atomic mass is 32.1. The Hall–Kier alpha value is -5.36. The molecule has 10 aromatic rings. The van der Waals surface area contributed by atoms with Crippen LogP contribution >= 0.6 is 22.7 Å². The molecule has 5 heterocycles. The molecule has 7 aromatic carbocycles. The minimum atomic E-state index is -0.0739. The van der Waals surface area contributed by atoms with Crippen LogP contribution in [0.25, 0.3) is 79.0 Å². The number of aromatic nitrogens is 1. The van der Waals surface area contributed by atoms with E-state index in [2.05, 4.69) is 210 Å². The lowest BCUT2D eigenvalue weighted by molar-refractivity contribution is 0.332. The largest absolute Gasteiger partial charge is 0.376 e. The fraction of sp³-hybridized carbons (Fsp3) is 0.373. The molecule has 0 atom stereocenters. The molecule has 0 bridgehead atoms. The van der Waals surface area contributed by atoms with Gasteiger partial charge in [-0.05, 0) is 193 Å². The van der Waals surface area contributed by atoms with Crippen LogP contribution in [-0.2, 0) is 32.5 Å². The van der Waals surface area contributed by atoms with Crippen molar-refractivity contribution >= 4 is 114 Å². The maximum absolute atomic E-state index is 2.86. The van der Waals surface area contributed by atoms with Crippen molar-refractivity contribution < 1.29 is 0 Å². The number of rotatable bonds is 1. The van der Waals surface area contributed by atoms with E-state index >= 15 is 0 Å². The van der Waals surface area contributed by atoms with Crippen molar-refractivity contribution in [3.05, 3.63) is 136 Å². The molecule has 0 unspecified atom stereocenters. The highest BCUT2D eigenvalue weighted by Crippen LogP contribution is 2.56. The van der Waals surface area contributed by atoms with Gasteiger partial charge in [0.15, 0.2) is 0 Å². The summed E-state index contributed by atoms with van der Waals surface area (Å²) in [4.78, 5) is 2.86. The lowest BCUT2D eigenvalue weighted by Crippen LogP contribution is -2.61. The van der Waals surface area contributed by atoms with E-state index in [1.54, 1.807) is 0 Å². The van der Waals surface area contributed by atoms with Gasteiger partial charge in [0.25, 0.3) is 0 Å². The van der Waals surface area contributed by atoms with Gasteiger partial charge in [-0.15, -0.1) is 22.7 Å². The van der Waals surface area contributed by atoms with Gasteiger partial charge in [0.05, 0.1) is 11.0 Å². The molecule has 2 nitrogen and oxygen atoms in total. The van der Waals surface area contributed by atoms with Crippen LogP contribution in [0.4, 0.5) is 11.4 Å². The highest BCUT2D eigenvalue weighted by molar-refractivity contribution is 7.26. The number of anilines is 2. The predicted octanol–water partition coefficient (Wildman–Crippen LogP) is 18.4. The number of hydrogen-bond acceptors (Lipinski definition) is 3. The van der Waals surface area contributed by atoms with E-state index in [0.717, 1.165) is 0 Å². The third-order valence-corrected chi connectivity index (χ3v) is 21.1. The Morgan fingerprint density at radius 2 is 1.04 bits per heavy atom. The Bertz CT molecular complexity index is 4090. The van der Waals surface area contributed by atoms with Gasteiger partial charge in [-0.1, -0.05) is 121 Å². The molecule has 2 aliphatic carbocycles. The molecule has 3 aromatic heterocycles. The molecule has 0 radical (unpaired) electrons. The summed E-state index contributed by atoms with van der Waals surface area (Å²) < 4.78 is 8.24. The van der Waals surface area contributed by atoms with E-state index < -0.39 is 0 Å². The summed E-state index contributed by atoms with van der Waals surface area (Å²) in [5, 5.41) is 8.33. The zero-order valence-corrected chi connectivity index (χ0v) is 47.0. The first-order valence-corrected chi connectivity index (χ1v) is 28.6. The molecule has 4 aliphatic rings. The average Bonchev–Trinajstić information content (AvgIpc) is 3.98. The van der Waals surface area contributed by atoms with Gasteiger partial charge in [0, 0.05) is 73.7 Å². The second kappa shape index (κ2) is 14.1. The van der Waals surface area contributed by atoms with Crippen LogP contribution in [0.1, 0.15) is 162 Å². The minimum absolute atomic E-state index is 0.0178. The lowest BCUT2D eigenvalue weighted by Gasteiger charge is -2.43. The average molecular weight is 977 g/mol. The number of thiophene rings is 2. The fourth-order valence-electron chi connectivity index (χ4n) is 14.3. The number of nitrogens with zero attached hydrogens (tertiary/aromatic N) is 2. The van der Waals surface area contributed by atoms with Crippen molar-refractivity contribution in [2.24, 2.45) is 0 Å².